The molecule has 1 aliphatic carbocycles. The average Bonchev–Trinajstić information content (AvgIpc) is 3.69. The molecule has 3 fully saturated rings. The lowest BCUT2D eigenvalue weighted by Gasteiger charge is -2.42. The zero-order valence-electron chi connectivity index (χ0n) is 22.6. The molecule has 0 radical (unpaired) electrons. The molecule has 226 valence electrons. The number of anilines is 1. The predicted octanol–water partition coefficient (Wildman–Crippen LogP) is 3.00. The van der Waals surface area contributed by atoms with Gasteiger partial charge in [0.1, 0.15) is 17.8 Å². The molecule has 3 aliphatic rings. The standard InChI is InChI=1S/C26H32ClF3N4O7/c1-15-22(37)34(12-11-33(15)24(39)31-16-3-5-19(17(27)13-16)41-26(28,29)30)18(23(38)40-2)4-6-21(36)32-10-9-25(7-8-25)20(35)14-32/h3,5,13,15,18,20,35H,4,6-12,14H2,1-2H3,(H,31,39)/t15-,18-,20+/m0/s1. The molecule has 1 spiro atoms. The van der Waals surface area contributed by atoms with Crippen LogP contribution in [0.1, 0.15) is 39.0 Å². The summed E-state index contributed by atoms with van der Waals surface area (Å²) in [5, 5.41) is 12.5. The van der Waals surface area contributed by atoms with Gasteiger partial charge in [0.2, 0.25) is 11.8 Å². The van der Waals surface area contributed by atoms with Gasteiger partial charge in [0.15, 0.2) is 0 Å². The van der Waals surface area contributed by atoms with Crippen molar-refractivity contribution in [3.8, 4) is 5.75 Å². The quantitative estimate of drug-likeness (QED) is 0.458. The average molecular weight is 605 g/mol. The largest absolute Gasteiger partial charge is 0.573 e. The molecular weight excluding hydrogens is 573 g/mol. The molecule has 0 bridgehead atoms. The first kappa shape index (κ1) is 30.7. The van der Waals surface area contributed by atoms with Crippen molar-refractivity contribution in [2.24, 2.45) is 5.41 Å². The van der Waals surface area contributed by atoms with E-state index in [-0.39, 0.29) is 54.5 Å². The van der Waals surface area contributed by atoms with Gasteiger partial charge in [0, 0.05) is 38.3 Å². The van der Waals surface area contributed by atoms with E-state index >= 15 is 0 Å². The number of rotatable bonds is 7. The monoisotopic (exact) mass is 604 g/mol. The van der Waals surface area contributed by atoms with Crippen LogP contribution in [-0.2, 0) is 19.1 Å². The van der Waals surface area contributed by atoms with Gasteiger partial charge in [-0.25, -0.2) is 9.59 Å². The Balaban J connectivity index is 1.35. The number of ether oxygens (including phenoxy) is 2. The number of carbonyl (C=O) groups excluding carboxylic acids is 4. The van der Waals surface area contributed by atoms with Gasteiger partial charge in [-0.3, -0.25) is 9.59 Å². The molecule has 2 aliphatic heterocycles. The number of aliphatic hydroxyl groups excluding tert-OH is 1. The fourth-order valence-electron chi connectivity index (χ4n) is 5.40. The number of benzene rings is 1. The number of β-amino-alcohol motifs (C(OH)–C–C–N with tert-alkyl or cyclic N) is 1. The number of amides is 4. The normalized spacial score (nSPS) is 22.8. The number of carbonyl (C=O) groups is 4. The summed E-state index contributed by atoms with van der Waals surface area (Å²) in [6.45, 7) is 2.27. The number of hydrogen-bond donors (Lipinski definition) is 2. The van der Waals surface area contributed by atoms with Gasteiger partial charge in [-0.2, -0.15) is 0 Å². The maximum atomic E-state index is 13.3. The van der Waals surface area contributed by atoms with Gasteiger partial charge in [0.25, 0.3) is 0 Å². The molecule has 0 aromatic heterocycles. The van der Waals surface area contributed by atoms with Gasteiger partial charge < -0.3 is 34.6 Å². The Morgan fingerprint density at radius 3 is 2.49 bits per heavy atom. The molecule has 0 unspecified atom stereocenters. The van der Waals surface area contributed by atoms with Crippen LogP contribution in [0.3, 0.4) is 0 Å². The summed E-state index contributed by atoms with van der Waals surface area (Å²) >= 11 is 5.84. The maximum Gasteiger partial charge on any atom is 0.573 e. The van der Waals surface area contributed by atoms with E-state index in [4.69, 9.17) is 16.3 Å². The van der Waals surface area contributed by atoms with Crippen LogP contribution in [0.5, 0.6) is 5.75 Å². The number of piperidine rings is 1. The highest BCUT2D eigenvalue weighted by Gasteiger charge is 2.52. The zero-order valence-corrected chi connectivity index (χ0v) is 23.3. The van der Waals surface area contributed by atoms with Crippen LogP contribution in [0.15, 0.2) is 18.2 Å². The number of hydrogen-bond acceptors (Lipinski definition) is 7. The number of esters is 1. The van der Waals surface area contributed by atoms with E-state index in [1.807, 2.05) is 0 Å². The topological polar surface area (TPSA) is 129 Å². The Morgan fingerprint density at radius 1 is 1.20 bits per heavy atom. The van der Waals surface area contributed by atoms with E-state index in [0.717, 1.165) is 31.4 Å². The summed E-state index contributed by atoms with van der Waals surface area (Å²) in [6.07, 6.45) is -2.87. The Kier molecular flexibility index (Phi) is 8.93. The Bertz CT molecular complexity index is 1200. The van der Waals surface area contributed by atoms with Gasteiger partial charge in [-0.15, -0.1) is 13.2 Å². The van der Waals surface area contributed by atoms with Crippen LogP contribution in [-0.4, -0.2) is 101 Å². The van der Waals surface area contributed by atoms with E-state index < -0.39 is 48.2 Å². The molecule has 2 N–H and O–H groups in total. The van der Waals surface area contributed by atoms with Gasteiger partial charge >= 0.3 is 18.4 Å². The van der Waals surface area contributed by atoms with E-state index in [9.17, 15) is 37.5 Å². The number of halogens is 4. The second kappa shape index (κ2) is 11.9. The number of nitrogens with zero attached hydrogens (tertiary/aromatic N) is 3. The van der Waals surface area contributed by atoms with E-state index in [2.05, 4.69) is 10.1 Å². The molecule has 1 saturated carbocycles. The lowest BCUT2D eigenvalue weighted by molar-refractivity contribution is -0.274. The van der Waals surface area contributed by atoms with E-state index in [0.29, 0.717) is 6.54 Å². The highest BCUT2D eigenvalue weighted by molar-refractivity contribution is 6.32. The van der Waals surface area contributed by atoms with Gasteiger partial charge in [-0.1, -0.05) is 11.6 Å². The minimum Gasteiger partial charge on any atom is -0.467 e. The summed E-state index contributed by atoms with van der Waals surface area (Å²) in [6, 6.07) is 0.459. The van der Waals surface area contributed by atoms with Crippen molar-refractivity contribution < 1.29 is 46.9 Å². The summed E-state index contributed by atoms with van der Waals surface area (Å²) in [7, 11) is 1.18. The first-order valence-corrected chi connectivity index (χ1v) is 13.6. The first-order chi connectivity index (χ1) is 19.2. The fourth-order valence-corrected chi connectivity index (χ4v) is 5.62. The smallest absolute Gasteiger partial charge is 0.467 e. The van der Waals surface area contributed by atoms with Crippen molar-refractivity contribution >= 4 is 41.1 Å². The molecule has 11 nitrogen and oxygen atoms in total. The molecule has 15 heteroatoms. The molecule has 4 amide bonds. The van der Waals surface area contributed by atoms with Crippen molar-refractivity contribution in [3.05, 3.63) is 23.2 Å². The number of nitrogens with one attached hydrogen (secondary N) is 1. The van der Waals surface area contributed by atoms with Crippen molar-refractivity contribution in [2.75, 3.05) is 38.6 Å². The molecule has 2 saturated heterocycles. The zero-order chi connectivity index (χ0) is 30.1. The van der Waals surface area contributed by atoms with Crippen molar-refractivity contribution in [1.82, 2.24) is 14.7 Å². The van der Waals surface area contributed by atoms with Crippen LogP contribution in [0.4, 0.5) is 23.7 Å². The lowest BCUT2D eigenvalue weighted by atomic mass is 9.90. The second-order valence-electron chi connectivity index (χ2n) is 10.6. The Hall–Kier alpha value is -3.26. The maximum absolute atomic E-state index is 13.3. The van der Waals surface area contributed by atoms with Crippen LogP contribution >= 0.6 is 11.6 Å². The summed E-state index contributed by atoms with van der Waals surface area (Å²) in [4.78, 5) is 55.8. The van der Waals surface area contributed by atoms with Gasteiger partial charge in [-0.05, 0) is 56.2 Å². The molecule has 3 atom stereocenters. The van der Waals surface area contributed by atoms with Crippen LogP contribution < -0.4 is 10.1 Å². The minimum absolute atomic E-state index is 0.0126. The molecule has 41 heavy (non-hydrogen) atoms. The minimum atomic E-state index is -4.94. The highest BCUT2D eigenvalue weighted by atomic mass is 35.5. The SMILES string of the molecule is COC(=O)[C@H](CCC(=O)N1CCC2(CC2)[C@H](O)C1)N1CCN(C(=O)Nc2ccc(OC(F)(F)F)c(Cl)c2)[C@@H](C)C1=O. The van der Waals surface area contributed by atoms with Crippen molar-refractivity contribution in [3.63, 3.8) is 0 Å². The Morgan fingerprint density at radius 2 is 1.90 bits per heavy atom. The van der Waals surface area contributed by atoms with Gasteiger partial charge in [0.05, 0.1) is 18.2 Å². The predicted molar refractivity (Wildman–Crippen MR) is 139 cm³/mol. The van der Waals surface area contributed by atoms with Crippen LogP contribution in [0.25, 0.3) is 0 Å². The highest BCUT2D eigenvalue weighted by Crippen LogP contribution is 2.53. The second-order valence-corrected chi connectivity index (χ2v) is 11.0. The summed E-state index contributed by atoms with van der Waals surface area (Å²) < 4.78 is 46.2. The molecule has 4 rings (SSSR count). The fraction of sp³-hybridized carbons (Fsp3) is 0.615. The van der Waals surface area contributed by atoms with Crippen molar-refractivity contribution in [1.29, 1.82) is 0 Å². The number of urea groups is 1. The summed E-state index contributed by atoms with van der Waals surface area (Å²) in [5.74, 6) is -2.09. The van der Waals surface area contributed by atoms with Crippen molar-refractivity contribution in [2.45, 2.75) is 63.6 Å². The number of methoxy groups -OCH3 is 1. The molecule has 2 heterocycles. The van der Waals surface area contributed by atoms with E-state index in [1.54, 1.807) is 4.90 Å². The molecule has 1 aromatic carbocycles. The number of alkyl halides is 3. The first-order valence-electron chi connectivity index (χ1n) is 13.2. The third-order valence-electron chi connectivity index (χ3n) is 8.07. The Labute approximate surface area is 239 Å². The molecular formula is C26H32ClF3N4O7. The molecule has 1 aromatic rings. The summed E-state index contributed by atoms with van der Waals surface area (Å²) in [5.41, 5.74) is 0.0230. The number of likely N-dealkylation sites (tertiary alicyclic amines) is 1. The van der Waals surface area contributed by atoms with E-state index in [1.165, 1.54) is 29.9 Å². The van der Waals surface area contributed by atoms with Crippen LogP contribution in [0, 0.1) is 5.41 Å². The number of piperazine rings is 1. The third-order valence-corrected chi connectivity index (χ3v) is 8.36. The lowest BCUT2D eigenvalue weighted by Crippen LogP contribution is -2.62. The third kappa shape index (κ3) is 6.97. The van der Waals surface area contributed by atoms with Crippen LogP contribution in [0.2, 0.25) is 5.02 Å². The number of aliphatic hydroxyl groups is 1.